The first-order valence-corrected chi connectivity index (χ1v) is 10.7. The van der Waals surface area contributed by atoms with Crippen molar-refractivity contribution in [3.8, 4) is 11.5 Å². The van der Waals surface area contributed by atoms with Crippen LogP contribution in [0.5, 0.6) is 11.5 Å². The highest BCUT2D eigenvalue weighted by molar-refractivity contribution is 5.82. The summed E-state index contributed by atoms with van der Waals surface area (Å²) in [6.45, 7) is 9.92. The van der Waals surface area contributed by atoms with Gasteiger partial charge in [-0.15, -0.1) is 0 Å². The molecule has 1 atom stereocenters. The standard InChI is InChI=1S/C21H32N4O4/c1-3-23-6-8-24(9-7-23)18-15-17(27-2)14-16-4-5-19(29-20(16)18)21(26)22-25-10-12-28-13-11-25/h14-15,19H,3-13H2,1-2H3,(H,22,26). The summed E-state index contributed by atoms with van der Waals surface area (Å²) in [5.41, 5.74) is 5.16. The number of hydrogen-bond donors (Lipinski definition) is 1. The first-order valence-electron chi connectivity index (χ1n) is 10.7. The molecular formula is C21H32N4O4. The maximum absolute atomic E-state index is 12.8. The Morgan fingerprint density at radius 2 is 1.93 bits per heavy atom. The minimum Gasteiger partial charge on any atom is -0.497 e. The largest absolute Gasteiger partial charge is 0.497 e. The van der Waals surface area contributed by atoms with Crippen LogP contribution in [-0.4, -0.2) is 88.1 Å². The number of carbonyl (C=O) groups is 1. The Morgan fingerprint density at radius 1 is 1.17 bits per heavy atom. The number of likely N-dealkylation sites (N-methyl/N-ethyl adjacent to an activating group) is 1. The molecule has 3 aliphatic rings. The molecule has 0 radical (unpaired) electrons. The van der Waals surface area contributed by atoms with Crippen LogP contribution in [0.2, 0.25) is 0 Å². The number of fused-ring (bicyclic) bond motifs is 1. The van der Waals surface area contributed by atoms with Crippen molar-refractivity contribution in [2.24, 2.45) is 0 Å². The second-order valence-electron chi connectivity index (χ2n) is 7.78. The average Bonchev–Trinajstić information content (AvgIpc) is 2.78. The van der Waals surface area contributed by atoms with Gasteiger partial charge in [0, 0.05) is 50.9 Å². The minimum absolute atomic E-state index is 0.0740. The Morgan fingerprint density at radius 3 is 2.62 bits per heavy atom. The number of benzene rings is 1. The summed E-state index contributed by atoms with van der Waals surface area (Å²) in [6, 6.07) is 4.08. The Labute approximate surface area is 172 Å². The number of anilines is 1. The zero-order valence-corrected chi connectivity index (χ0v) is 17.5. The highest BCUT2D eigenvalue weighted by atomic mass is 16.5. The number of morpholine rings is 1. The number of amides is 1. The molecule has 0 aliphatic carbocycles. The Balaban J connectivity index is 1.50. The van der Waals surface area contributed by atoms with Crippen LogP contribution in [0.3, 0.4) is 0 Å². The van der Waals surface area contributed by atoms with Gasteiger partial charge in [0.15, 0.2) is 6.10 Å². The summed E-state index contributed by atoms with van der Waals surface area (Å²) in [7, 11) is 1.70. The molecule has 1 aromatic carbocycles. The molecule has 0 bridgehead atoms. The van der Waals surface area contributed by atoms with Crippen LogP contribution >= 0.6 is 0 Å². The lowest BCUT2D eigenvalue weighted by atomic mass is 9.99. The number of piperazine rings is 1. The van der Waals surface area contributed by atoms with Gasteiger partial charge in [-0.3, -0.25) is 10.2 Å². The molecule has 8 nitrogen and oxygen atoms in total. The van der Waals surface area contributed by atoms with E-state index in [4.69, 9.17) is 14.2 Å². The summed E-state index contributed by atoms with van der Waals surface area (Å²) >= 11 is 0. The quantitative estimate of drug-likeness (QED) is 0.782. The zero-order chi connectivity index (χ0) is 20.2. The van der Waals surface area contributed by atoms with Gasteiger partial charge in [0.1, 0.15) is 11.5 Å². The van der Waals surface area contributed by atoms with Crippen molar-refractivity contribution in [2.75, 3.05) is 71.0 Å². The summed E-state index contributed by atoms with van der Waals surface area (Å²) < 4.78 is 17.2. The number of nitrogens with zero attached hydrogens (tertiary/aromatic N) is 3. The summed E-state index contributed by atoms with van der Waals surface area (Å²) in [5.74, 6) is 1.61. The van der Waals surface area contributed by atoms with Crippen molar-refractivity contribution < 1.29 is 19.0 Å². The van der Waals surface area contributed by atoms with Crippen LogP contribution in [0.4, 0.5) is 5.69 Å². The molecule has 4 rings (SSSR count). The molecule has 29 heavy (non-hydrogen) atoms. The summed E-state index contributed by atoms with van der Waals surface area (Å²) in [6.07, 6.45) is 0.990. The van der Waals surface area contributed by atoms with Gasteiger partial charge in [-0.25, -0.2) is 5.01 Å². The molecule has 8 heteroatoms. The van der Waals surface area contributed by atoms with E-state index in [1.165, 1.54) is 0 Å². The molecule has 1 unspecified atom stereocenters. The summed E-state index contributed by atoms with van der Waals surface area (Å²) in [5, 5.41) is 1.92. The SMILES string of the molecule is CCN1CCN(c2cc(OC)cc3c2OC(C(=O)NN2CCOCC2)CC3)CC1. The molecule has 160 valence electrons. The van der Waals surface area contributed by atoms with Gasteiger partial charge in [-0.05, 0) is 25.5 Å². The topological polar surface area (TPSA) is 66.5 Å². The molecule has 1 aromatic rings. The van der Waals surface area contributed by atoms with Gasteiger partial charge in [0.2, 0.25) is 0 Å². The number of nitrogens with one attached hydrogen (secondary N) is 1. The van der Waals surface area contributed by atoms with E-state index >= 15 is 0 Å². The molecule has 3 heterocycles. The van der Waals surface area contributed by atoms with E-state index < -0.39 is 6.10 Å². The smallest absolute Gasteiger partial charge is 0.275 e. The van der Waals surface area contributed by atoms with Crippen molar-refractivity contribution in [1.29, 1.82) is 0 Å². The monoisotopic (exact) mass is 404 g/mol. The molecule has 0 aromatic heterocycles. The Kier molecular flexibility index (Phi) is 6.42. The fraction of sp³-hybridized carbons (Fsp3) is 0.667. The van der Waals surface area contributed by atoms with E-state index in [0.717, 1.165) is 61.9 Å². The molecule has 2 saturated heterocycles. The van der Waals surface area contributed by atoms with Gasteiger partial charge in [-0.1, -0.05) is 6.92 Å². The average molecular weight is 405 g/mol. The number of hydrogen-bond acceptors (Lipinski definition) is 7. The molecule has 1 N–H and O–H groups in total. The third-order valence-electron chi connectivity index (χ3n) is 6.02. The highest BCUT2D eigenvalue weighted by Gasteiger charge is 2.31. The zero-order valence-electron chi connectivity index (χ0n) is 17.5. The van der Waals surface area contributed by atoms with Crippen LogP contribution in [0.25, 0.3) is 0 Å². The Hall–Kier alpha value is -2.03. The van der Waals surface area contributed by atoms with Gasteiger partial charge >= 0.3 is 0 Å². The second-order valence-corrected chi connectivity index (χ2v) is 7.78. The highest BCUT2D eigenvalue weighted by Crippen LogP contribution is 2.41. The lowest BCUT2D eigenvalue weighted by Gasteiger charge is -2.38. The molecule has 0 saturated carbocycles. The van der Waals surface area contributed by atoms with E-state index in [1.807, 2.05) is 17.1 Å². The van der Waals surface area contributed by atoms with Gasteiger partial charge in [-0.2, -0.15) is 0 Å². The number of methoxy groups -OCH3 is 1. The van der Waals surface area contributed by atoms with Crippen molar-refractivity contribution in [3.05, 3.63) is 17.7 Å². The first-order chi connectivity index (χ1) is 14.2. The normalized spacial score (nSPS) is 23.2. The van der Waals surface area contributed by atoms with Crippen LogP contribution in [-0.2, 0) is 16.0 Å². The maximum Gasteiger partial charge on any atom is 0.275 e. The minimum atomic E-state index is -0.477. The van der Waals surface area contributed by atoms with E-state index in [9.17, 15) is 4.79 Å². The van der Waals surface area contributed by atoms with Crippen molar-refractivity contribution in [1.82, 2.24) is 15.3 Å². The number of aryl methyl sites for hydroxylation is 1. The number of carbonyl (C=O) groups excluding carboxylic acids is 1. The van der Waals surface area contributed by atoms with E-state index in [2.05, 4.69) is 22.1 Å². The van der Waals surface area contributed by atoms with Crippen LogP contribution in [0.15, 0.2) is 12.1 Å². The molecular weight excluding hydrogens is 372 g/mol. The summed E-state index contributed by atoms with van der Waals surface area (Å²) in [4.78, 5) is 17.6. The lowest BCUT2D eigenvalue weighted by molar-refractivity contribution is -0.135. The third kappa shape index (κ3) is 4.60. The number of rotatable bonds is 5. The number of ether oxygens (including phenoxy) is 3. The molecule has 1 amide bonds. The molecule has 3 aliphatic heterocycles. The van der Waals surface area contributed by atoms with Crippen LogP contribution in [0, 0.1) is 0 Å². The van der Waals surface area contributed by atoms with Crippen molar-refractivity contribution >= 4 is 11.6 Å². The fourth-order valence-electron chi connectivity index (χ4n) is 4.20. The van der Waals surface area contributed by atoms with E-state index in [-0.39, 0.29) is 5.91 Å². The van der Waals surface area contributed by atoms with Crippen LogP contribution in [0.1, 0.15) is 18.9 Å². The van der Waals surface area contributed by atoms with E-state index in [1.54, 1.807) is 7.11 Å². The predicted molar refractivity (Wildman–Crippen MR) is 111 cm³/mol. The van der Waals surface area contributed by atoms with Gasteiger partial charge < -0.3 is 24.0 Å². The molecule has 2 fully saturated rings. The van der Waals surface area contributed by atoms with Crippen molar-refractivity contribution in [2.45, 2.75) is 25.9 Å². The van der Waals surface area contributed by atoms with Gasteiger partial charge in [0.05, 0.1) is 26.0 Å². The Bertz CT molecular complexity index is 715. The third-order valence-corrected chi connectivity index (χ3v) is 6.02. The molecule has 0 spiro atoms. The second kappa shape index (κ2) is 9.19. The number of hydrazine groups is 1. The predicted octanol–water partition coefficient (Wildman–Crippen LogP) is 0.894. The lowest BCUT2D eigenvalue weighted by Crippen LogP contribution is -2.53. The fourth-order valence-corrected chi connectivity index (χ4v) is 4.20. The van der Waals surface area contributed by atoms with Crippen molar-refractivity contribution in [3.63, 3.8) is 0 Å². The first kappa shape index (κ1) is 20.3. The van der Waals surface area contributed by atoms with E-state index in [0.29, 0.717) is 32.7 Å². The van der Waals surface area contributed by atoms with Crippen LogP contribution < -0.4 is 19.8 Å². The maximum atomic E-state index is 12.8. The van der Waals surface area contributed by atoms with Gasteiger partial charge in [0.25, 0.3) is 5.91 Å².